The van der Waals surface area contributed by atoms with E-state index in [1.165, 1.54) is 37.7 Å². The number of ether oxygens (including phenoxy) is 2. The number of carbonyl (C=O) groups is 1. The lowest BCUT2D eigenvalue weighted by molar-refractivity contribution is -0.123. The number of aldehydes is 1. The van der Waals surface area contributed by atoms with Crippen molar-refractivity contribution < 1.29 is 14.3 Å². The predicted octanol–water partition coefficient (Wildman–Crippen LogP) is 7.03. The summed E-state index contributed by atoms with van der Waals surface area (Å²) in [5.74, 6) is 2.42. The lowest BCUT2D eigenvalue weighted by Gasteiger charge is -2.32. The van der Waals surface area contributed by atoms with E-state index in [-0.39, 0.29) is 6.29 Å². The molecule has 160 valence electrons. The van der Waals surface area contributed by atoms with Gasteiger partial charge in [-0.2, -0.15) is 0 Å². The van der Waals surface area contributed by atoms with Crippen molar-refractivity contribution in [3.63, 3.8) is 0 Å². The van der Waals surface area contributed by atoms with Gasteiger partial charge in [0.1, 0.15) is 6.29 Å². The highest BCUT2D eigenvalue weighted by Crippen LogP contribution is 2.38. The van der Waals surface area contributed by atoms with Crippen LogP contribution >= 0.6 is 0 Å². The molecule has 0 aliphatic heterocycles. The summed E-state index contributed by atoms with van der Waals surface area (Å²) in [4.78, 5) is 10.7. The van der Waals surface area contributed by atoms with Gasteiger partial charge in [0.05, 0.1) is 0 Å². The average molecular weight is 391 g/mol. The first-order valence-corrected chi connectivity index (χ1v) is 10.8. The van der Waals surface area contributed by atoms with Crippen LogP contribution in [0.4, 0.5) is 0 Å². The van der Waals surface area contributed by atoms with E-state index in [1.54, 1.807) is 0 Å². The third kappa shape index (κ3) is 10.2. The highest BCUT2D eigenvalue weighted by Gasteiger charge is 2.25. The van der Waals surface area contributed by atoms with E-state index in [1.807, 2.05) is 32.9 Å². The minimum atomic E-state index is -0.0370. The van der Waals surface area contributed by atoms with Crippen LogP contribution in [0.3, 0.4) is 0 Å². The summed E-state index contributed by atoms with van der Waals surface area (Å²) in [5, 5.41) is 0. The first-order chi connectivity index (χ1) is 13.5. The molecule has 0 bridgehead atoms. The number of benzene rings is 1. The van der Waals surface area contributed by atoms with Gasteiger partial charge in [-0.3, -0.25) is 4.79 Å². The summed E-state index contributed by atoms with van der Waals surface area (Å²) in [6.07, 6.45) is 7.76. The van der Waals surface area contributed by atoms with Crippen LogP contribution < -0.4 is 0 Å². The molecule has 0 saturated heterocycles. The molecule has 1 aromatic carbocycles. The van der Waals surface area contributed by atoms with Crippen LogP contribution in [-0.2, 0) is 9.47 Å². The summed E-state index contributed by atoms with van der Waals surface area (Å²) in [6, 6.07) is 8.13. The van der Waals surface area contributed by atoms with Gasteiger partial charge in [0.15, 0.2) is 6.29 Å². The monoisotopic (exact) mass is 390 g/mol. The van der Waals surface area contributed by atoms with Crippen molar-refractivity contribution >= 4 is 6.29 Å². The fraction of sp³-hybridized carbons (Fsp3) is 0.640. The van der Waals surface area contributed by atoms with Crippen LogP contribution in [0.2, 0.25) is 0 Å². The summed E-state index contributed by atoms with van der Waals surface area (Å²) in [5.41, 5.74) is 2.17. The van der Waals surface area contributed by atoms with Crippen molar-refractivity contribution in [2.45, 2.75) is 78.9 Å². The Kier molecular flexibility index (Phi) is 15.6. The van der Waals surface area contributed by atoms with Gasteiger partial charge >= 0.3 is 0 Å². The number of rotatable bonds is 8. The van der Waals surface area contributed by atoms with Gasteiger partial charge in [0, 0.05) is 18.8 Å². The molecule has 1 aromatic rings. The Morgan fingerprint density at radius 2 is 1.46 bits per heavy atom. The zero-order chi connectivity index (χ0) is 21.4. The van der Waals surface area contributed by atoms with Crippen molar-refractivity contribution in [1.82, 2.24) is 0 Å². The second-order valence-corrected chi connectivity index (χ2v) is 7.24. The van der Waals surface area contributed by atoms with E-state index < -0.39 is 0 Å². The van der Waals surface area contributed by atoms with Crippen LogP contribution in [0.5, 0.6) is 0 Å². The maximum atomic E-state index is 10.7. The zero-order valence-electron chi connectivity index (χ0n) is 18.8. The first-order valence-electron chi connectivity index (χ1n) is 10.8. The number of hydrogen-bond donors (Lipinski definition) is 0. The fourth-order valence-corrected chi connectivity index (χ4v) is 3.76. The molecule has 0 spiro atoms. The molecule has 1 fully saturated rings. The molecule has 1 aliphatic rings. The molecule has 0 aromatic heterocycles. The molecular formula is C25H42O3. The Morgan fingerprint density at radius 3 is 1.86 bits per heavy atom. The smallest absolute Gasteiger partial charge is 0.154 e. The lowest BCUT2D eigenvalue weighted by atomic mass is 9.73. The Bertz CT molecular complexity index is 483. The minimum absolute atomic E-state index is 0.0370. The molecule has 3 nitrogen and oxygen atoms in total. The van der Waals surface area contributed by atoms with Crippen molar-refractivity contribution in [2.75, 3.05) is 13.2 Å². The van der Waals surface area contributed by atoms with Crippen molar-refractivity contribution in [3.05, 3.63) is 48.6 Å². The summed E-state index contributed by atoms with van der Waals surface area (Å²) >= 11 is 0. The van der Waals surface area contributed by atoms with Crippen molar-refractivity contribution in [1.29, 1.82) is 0 Å². The van der Waals surface area contributed by atoms with Gasteiger partial charge in [-0.25, -0.2) is 0 Å². The lowest BCUT2D eigenvalue weighted by Crippen LogP contribution is -2.18. The summed E-state index contributed by atoms with van der Waals surface area (Å²) in [7, 11) is 0. The normalized spacial score (nSPS) is 19.6. The maximum Gasteiger partial charge on any atom is 0.154 e. The first kappa shape index (κ1) is 26.6. The fourth-order valence-electron chi connectivity index (χ4n) is 3.76. The second kappa shape index (κ2) is 16.5. The van der Waals surface area contributed by atoms with Crippen LogP contribution in [0, 0.1) is 11.8 Å². The Labute approximate surface area is 173 Å². The van der Waals surface area contributed by atoms with E-state index in [0.717, 1.165) is 36.9 Å². The van der Waals surface area contributed by atoms with Crippen molar-refractivity contribution in [3.8, 4) is 0 Å². The molecule has 0 heterocycles. The van der Waals surface area contributed by atoms with E-state index in [9.17, 15) is 4.79 Å². The van der Waals surface area contributed by atoms with Crippen LogP contribution in [0.15, 0.2) is 37.4 Å². The largest absolute Gasteiger partial charge is 0.353 e. The Hall–Kier alpha value is -1.45. The molecule has 1 atom stereocenters. The number of hydrogen-bond acceptors (Lipinski definition) is 3. The van der Waals surface area contributed by atoms with Gasteiger partial charge in [0.2, 0.25) is 0 Å². The molecule has 0 radical (unpaired) electrons. The molecule has 1 unspecified atom stereocenters. The van der Waals surface area contributed by atoms with Crippen LogP contribution in [0.25, 0.3) is 0 Å². The summed E-state index contributed by atoms with van der Waals surface area (Å²) < 4.78 is 10.1. The van der Waals surface area contributed by atoms with Crippen LogP contribution in [-0.4, -0.2) is 25.8 Å². The molecule has 1 aliphatic carbocycles. The van der Waals surface area contributed by atoms with E-state index in [4.69, 9.17) is 9.47 Å². The van der Waals surface area contributed by atoms with Gasteiger partial charge in [0.25, 0.3) is 0 Å². The molecule has 0 N–H and O–H groups in total. The highest BCUT2D eigenvalue weighted by molar-refractivity contribution is 5.74. The molecular weight excluding hydrogens is 348 g/mol. The quantitative estimate of drug-likeness (QED) is 0.271. The standard InChI is InChI=1S/C17H24O.C6H14O2.C2H4/c1-3-14-4-8-16(9-5-14)13(2)17-10-6-15(12-18)7-11-17;1-4-7-6(3)8-5-2;1-2/h6-7,10-14,16H,3-5,8-9H2,1-2H3;6H,4-5H2,1-3H3;1-2H2. The molecule has 0 amide bonds. The Balaban J connectivity index is 0.000000618. The third-order valence-corrected chi connectivity index (χ3v) is 5.58. The predicted molar refractivity (Wildman–Crippen MR) is 120 cm³/mol. The molecule has 1 saturated carbocycles. The molecule has 2 rings (SSSR count). The topological polar surface area (TPSA) is 35.5 Å². The minimum Gasteiger partial charge on any atom is -0.353 e. The van der Waals surface area contributed by atoms with Gasteiger partial charge < -0.3 is 9.47 Å². The van der Waals surface area contributed by atoms with E-state index >= 15 is 0 Å². The van der Waals surface area contributed by atoms with Crippen LogP contribution in [0.1, 0.15) is 88.6 Å². The highest BCUT2D eigenvalue weighted by atomic mass is 16.7. The molecule has 28 heavy (non-hydrogen) atoms. The van der Waals surface area contributed by atoms with Gasteiger partial charge in [-0.05, 0) is 56.9 Å². The summed E-state index contributed by atoms with van der Waals surface area (Å²) in [6.45, 7) is 17.9. The second-order valence-electron chi connectivity index (χ2n) is 7.24. The Morgan fingerprint density at radius 1 is 0.964 bits per heavy atom. The molecule has 3 heteroatoms. The average Bonchev–Trinajstić information content (AvgIpc) is 2.75. The van der Waals surface area contributed by atoms with Gasteiger partial charge in [-0.15, -0.1) is 13.2 Å². The SMILES string of the molecule is C=C.CCC1CCC(C(C)c2ccc(C=O)cc2)CC1.CCOC(C)OCC. The number of carbonyl (C=O) groups excluding carboxylic acids is 1. The van der Waals surface area contributed by atoms with Crippen molar-refractivity contribution in [2.24, 2.45) is 11.8 Å². The van der Waals surface area contributed by atoms with Gasteiger partial charge in [-0.1, -0.05) is 57.4 Å². The van der Waals surface area contributed by atoms with E-state index in [0.29, 0.717) is 5.92 Å². The maximum absolute atomic E-state index is 10.7. The van der Waals surface area contributed by atoms with E-state index in [2.05, 4.69) is 39.1 Å². The zero-order valence-corrected chi connectivity index (χ0v) is 18.8. The third-order valence-electron chi connectivity index (χ3n) is 5.58.